The molecule has 0 aliphatic carbocycles. The van der Waals surface area contributed by atoms with E-state index >= 15 is 0 Å². The van der Waals surface area contributed by atoms with Crippen LogP contribution in [0.5, 0.6) is 11.5 Å². The van der Waals surface area contributed by atoms with E-state index in [9.17, 15) is 19.4 Å². The molecular weight excluding hydrogens is 275 g/mol. The second-order valence-electron chi connectivity index (χ2n) is 4.60. The van der Waals surface area contributed by atoms with Gasteiger partial charge in [0.25, 0.3) is 0 Å². The average molecular weight is 290 g/mol. The molecule has 0 radical (unpaired) electrons. The van der Waals surface area contributed by atoms with Crippen LogP contribution in [0, 0.1) is 5.82 Å². The van der Waals surface area contributed by atoms with Gasteiger partial charge in [-0.25, -0.2) is 4.39 Å². The summed E-state index contributed by atoms with van der Waals surface area (Å²) < 4.78 is 17.8. The SMILES string of the molecule is O=C(Cc1ccc(O)c(O)c1)OCCc1ccc(F)cc1. The molecular formula is C16H15FO4. The molecule has 0 atom stereocenters. The zero-order valence-electron chi connectivity index (χ0n) is 11.3. The van der Waals surface area contributed by atoms with Crippen LogP contribution in [0.25, 0.3) is 0 Å². The fourth-order valence-corrected chi connectivity index (χ4v) is 1.83. The van der Waals surface area contributed by atoms with Crippen LogP contribution < -0.4 is 0 Å². The Bertz CT molecular complexity index is 623. The van der Waals surface area contributed by atoms with Crippen molar-refractivity contribution >= 4 is 5.97 Å². The number of carbonyl (C=O) groups is 1. The number of hydrogen-bond acceptors (Lipinski definition) is 4. The summed E-state index contributed by atoms with van der Waals surface area (Å²) in [5.41, 5.74) is 1.43. The quantitative estimate of drug-likeness (QED) is 0.656. The molecule has 110 valence electrons. The van der Waals surface area contributed by atoms with Crippen LogP contribution in [0.15, 0.2) is 42.5 Å². The molecule has 0 aliphatic heterocycles. The van der Waals surface area contributed by atoms with Crippen LogP contribution in [-0.4, -0.2) is 22.8 Å². The maximum absolute atomic E-state index is 12.7. The van der Waals surface area contributed by atoms with Crippen molar-refractivity contribution in [3.63, 3.8) is 0 Å². The lowest BCUT2D eigenvalue weighted by Gasteiger charge is -2.06. The minimum absolute atomic E-state index is 0.0112. The lowest BCUT2D eigenvalue weighted by atomic mass is 10.1. The van der Waals surface area contributed by atoms with Crippen molar-refractivity contribution in [1.29, 1.82) is 0 Å². The molecule has 0 saturated carbocycles. The van der Waals surface area contributed by atoms with Crippen molar-refractivity contribution in [2.75, 3.05) is 6.61 Å². The molecule has 4 nitrogen and oxygen atoms in total. The largest absolute Gasteiger partial charge is 0.504 e. The number of benzene rings is 2. The number of esters is 1. The Morgan fingerprint density at radius 3 is 2.33 bits per heavy atom. The van der Waals surface area contributed by atoms with Gasteiger partial charge in [-0.15, -0.1) is 0 Å². The standard InChI is InChI=1S/C16H15FO4/c17-13-4-1-11(2-5-13)7-8-21-16(20)10-12-3-6-14(18)15(19)9-12/h1-6,9,18-19H,7-8,10H2. The minimum atomic E-state index is -0.429. The van der Waals surface area contributed by atoms with Crippen molar-refractivity contribution in [1.82, 2.24) is 0 Å². The van der Waals surface area contributed by atoms with Crippen molar-refractivity contribution in [3.8, 4) is 11.5 Å². The molecule has 2 aromatic carbocycles. The first-order valence-corrected chi connectivity index (χ1v) is 6.45. The van der Waals surface area contributed by atoms with E-state index < -0.39 is 5.97 Å². The molecule has 21 heavy (non-hydrogen) atoms. The maximum atomic E-state index is 12.7. The smallest absolute Gasteiger partial charge is 0.310 e. The van der Waals surface area contributed by atoms with Gasteiger partial charge in [-0.2, -0.15) is 0 Å². The van der Waals surface area contributed by atoms with Gasteiger partial charge in [0.2, 0.25) is 0 Å². The summed E-state index contributed by atoms with van der Waals surface area (Å²) in [6.45, 7) is 0.203. The molecule has 2 N–H and O–H groups in total. The van der Waals surface area contributed by atoms with Gasteiger partial charge in [0.15, 0.2) is 11.5 Å². The van der Waals surface area contributed by atoms with Gasteiger partial charge in [0.1, 0.15) is 5.82 Å². The summed E-state index contributed by atoms with van der Waals surface area (Å²) in [5, 5.41) is 18.5. The monoisotopic (exact) mass is 290 g/mol. The van der Waals surface area contributed by atoms with Crippen LogP contribution in [0.1, 0.15) is 11.1 Å². The zero-order chi connectivity index (χ0) is 15.2. The summed E-state index contributed by atoms with van der Waals surface area (Å²) in [7, 11) is 0. The van der Waals surface area contributed by atoms with E-state index in [0.29, 0.717) is 12.0 Å². The number of phenolic OH excluding ortho intramolecular Hbond substituents is 2. The van der Waals surface area contributed by atoms with Crippen LogP contribution >= 0.6 is 0 Å². The number of aromatic hydroxyl groups is 2. The predicted molar refractivity (Wildman–Crippen MR) is 74.5 cm³/mol. The number of carbonyl (C=O) groups excluding carboxylic acids is 1. The fraction of sp³-hybridized carbons (Fsp3) is 0.188. The second-order valence-corrected chi connectivity index (χ2v) is 4.60. The number of hydrogen-bond donors (Lipinski definition) is 2. The molecule has 2 aromatic rings. The van der Waals surface area contributed by atoms with Gasteiger partial charge in [-0.05, 0) is 35.4 Å². The predicted octanol–water partition coefficient (Wildman–Crippen LogP) is 2.57. The third-order valence-electron chi connectivity index (χ3n) is 2.96. The molecule has 0 bridgehead atoms. The number of halogens is 1. The van der Waals surface area contributed by atoms with Gasteiger partial charge < -0.3 is 14.9 Å². The van der Waals surface area contributed by atoms with E-state index in [2.05, 4.69) is 0 Å². The highest BCUT2D eigenvalue weighted by molar-refractivity contribution is 5.72. The van der Waals surface area contributed by atoms with E-state index in [1.807, 2.05) is 0 Å². The van der Waals surface area contributed by atoms with Crippen molar-refractivity contribution in [3.05, 3.63) is 59.4 Å². The van der Waals surface area contributed by atoms with E-state index in [1.165, 1.54) is 30.3 Å². The highest BCUT2D eigenvalue weighted by atomic mass is 19.1. The Kier molecular flexibility index (Phi) is 4.77. The number of ether oxygens (including phenoxy) is 1. The third-order valence-corrected chi connectivity index (χ3v) is 2.96. The fourth-order valence-electron chi connectivity index (χ4n) is 1.83. The molecule has 0 fully saturated rings. The Morgan fingerprint density at radius 2 is 1.67 bits per heavy atom. The lowest BCUT2D eigenvalue weighted by Crippen LogP contribution is -2.10. The van der Waals surface area contributed by atoms with Crippen molar-refractivity contribution in [2.45, 2.75) is 12.8 Å². The van der Waals surface area contributed by atoms with E-state index in [1.54, 1.807) is 12.1 Å². The van der Waals surface area contributed by atoms with Crippen LogP contribution in [0.2, 0.25) is 0 Å². The highest BCUT2D eigenvalue weighted by Crippen LogP contribution is 2.25. The zero-order valence-corrected chi connectivity index (χ0v) is 11.3. The first-order chi connectivity index (χ1) is 10.0. The molecule has 0 heterocycles. The van der Waals surface area contributed by atoms with Gasteiger partial charge in [0, 0.05) is 6.42 Å². The maximum Gasteiger partial charge on any atom is 0.310 e. The van der Waals surface area contributed by atoms with Crippen LogP contribution in [0.3, 0.4) is 0 Å². The molecule has 2 rings (SSSR count). The first-order valence-electron chi connectivity index (χ1n) is 6.45. The molecule has 0 aromatic heterocycles. The van der Waals surface area contributed by atoms with Crippen LogP contribution in [-0.2, 0) is 22.4 Å². The minimum Gasteiger partial charge on any atom is -0.504 e. The van der Waals surface area contributed by atoms with Gasteiger partial charge in [-0.1, -0.05) is 18.2 Å². The van der Waals surface area contributed by atoms with Gasteiger partial charge >= 0.3 is 5.97 Å². The second kappa shape index (κ2) is 6.74. The van der Waals surface area contributed by atoms with Crippen LogP contribution in [0.4, 0.5) is 4.39 Å². The topological polar surface area (TPSA) is 66.8 Å². The first kappa shape index (κ1) is 14.8. The summed E-state index contributed by atoms with van der Waals surface area (Å²) in [6, 6.07) is 10.2. The summed E-state index contributed by atoms with van der Waals surface area (Å²) in [4.78, 5) is 11.6. The molecule has 0 aliphatic rings. The molecule has 0 spiro atoms. The van der Waals surface area contributed by atoms with Gasteiger partial charge in [-0.3, -0.25) is 4.79 Å². The Morgan fingerprint density at radius 1 is 1.00 bits per heavy atom. The highest BCUT2D eigenvalue weighted by Gasteiger charge is 2.07. The lowest BCUT2D eigenvalue weighted by molar-refractivity contribution is -0.142. The summed E-state index contributed by atoms with van der Waals surface area (Å²) in [6.07, 6.45) is 0.518. The van der Waals surface area contributed by atoms with Gasteiger partial charge in [0.05, 0.1) is 13.0 Å². The van der Waals surface area contributed by atoms with E-state index in [-0.39, 0.29) is 30.3 Å². The summed E-state index contributed by atoms with van der Waals surface area (Å²) >= 11 is 0. The number of phenols is 2. The van der Waals surface area contributed by atoms with Crippen molar-refractivity contribution in [2.24, 2.45) is 0 Å². The Labute approximate surface area is 121 Å². The number of rotatable bonds is 5. The molecule has 0 amide bonds. The Balaban J connectivity index is 1.79. The summed E-state index contributed by atoms with van der Waals surface area (Å²) in [5.74, 6) is -1.24. The third kappa shape index (κ3) is 4.49. The molecule has 5 heteroatoms. The molecule has 0 saturated heterocycles. The van der Waals surface area contributed by atoms with Crippen molar-refractivity contribution < 1.29 is 24.1 Å². The normalized spacial score (nSPS) is 10.3. The average Bonchev–Trinajstić information content (AvgIpc) is 2.45. The Hall–Kier alpha value is -2.56. The van der Waals surface area contributed by atoms with E-state index in [0.717, 1.165) is 5.56 Å². The molecule has 0 unspecified atom stereocenters. The van der Waals surface area contributed by atoms with E-state index in [4.69, 9.17) is 4.74 Å².